The quantitative estimate of drug-likeness (QED) is 0.364. The molecule has 2 N–H and O–H groups in total. The molecule has 0 radical (unpaired) electrons. The minimum Gasteiger partial charge on any atom is -0.478 e. The van der Waals surface area contributed by atoms with Crippen LogP contribution in [0.2, 0.25) is 0 Å². The van der Waals surface area contributed by atoms with Crippen molar-refractivity contribution in [3.05, 3.63) is 59.3 Å². The molecule has 2 rings (SSSR count). The van der Waals surface area contributed by atoms with Gasteiger partial charge in [0, 0.05) is 38.0 Å². The zero-order valence-electron chi connectivity index (χ0n) is 14.8. The predicted octanol–water partition coefficient (Wildman–Crippen LogP) is 3.63. The fraction of sp³-hybridized carbons (Fsp3) is 0.333. The zero-order chi connectivity index (χ0) is 18.1. The number of ether oxygens (including phenoxy) is 1. The van der Waals surface area contributed by atoms with Crippen LogP contribution in [0.3, 0.4) is 0 Å². The Bertz CT molecular complexity index is 711. The van der Waals surface area contributed by atoms with Gasteiger partial charge in [0.15, 0.2) is 5.96 Å². The van der Waals surface area contributed by atoms with Gasteiger partial charge in [-0.05, 0) is 30.2 Å². The highest BCUT2D eigenvalue weighted by molar-refractivity contribution is 14.0. The highest BCUT2D eigenvalue weighted by atomic mass is 127. The maximum atomic E-state index is 13.6. The number of guanidine groups is 1. The van der Waals surface area contributed by atoms with Gasteiger partial charge in [0.1, 0.15) is 11.6 Å². The van der Waals surface area contributed by atoms with Gasteiger partial charge in [-0.3, -0.25) is 4.99 Å². The number of hydrogen-bond donors (Lipinski definition) is 2. The summed E-state index contributed by atoms with van der Waals surface area (Å²) in [6, 6.07) is 7.08. The molecule has 0 unspecified atom stereocenters. The first-order valence-electron chi connectivity index (χ1n) is 8.08. The molecule has 2 aromatic rings. The van der Waals surface area contributed by atoms with Gasteiger partial charge >= 0.3 is 0 Å². The lowest BCUT2D eigenvalue weighted by Crippen LogP contribution is -2.36. The maximum absolute atomic E-state index is 13.6. The molecule has 0 saturated carbocycles. The molecule has 1 aromatic carbocycles. The van der Waals surface area contributed by atoms with Gasteiger partial charge in [-0.2, -0.15) is 0 Å². The molecule has 8 heteroatoms. The van der Waals surface area contributed by atoms with Gasteiger partial charge in [0.25, 0.3) is 0 Å². The van der Waals surface area contributed by atoms with E-state index in [1.807, 2.05) is 19.1 Å². The lowest BCUT2D eigenvalue weighted by Gasteiger charge is -2.12. The number of rotatable bonds is 7. The molecule has 0 bridgehead atoms. The van der Waals surface area contributed by atoms with E-state index in [4.69, 9.17) is 4.74 Å². The summed E-state index contributed by atoms with van der Waals surface area (Å²) in [5.74, 6) is 0.137. The molecule has 0 aliphatic rings. The summed E-state index contributed by atoms with van der Waals surface area (Å²) in [7, 11) is 1.61. The molecule has 1 heterocycles. The maximum Gasteiger partial charge on any atom is 0.213 e. The van der Waals surface area contributed by atoms with Crippen LogP contribution >= 0.6 is 24.0 Å². The van der Waals surface area contributed by atoms with Crippen LogP contribution in [0.25, 0.3) is 0 Å². The second kappa shape index (κ2) is 11.6. The van der Waals surface area contributed by atoms with Crippen molar-refractivity contribution in [2.24, 2.45) is 4.99 Å². The molecule has 26 heavy (non-hydrogen) atoms. The third kappa shape index (κ3) is 7.11. The Kier molecular flexibility index (Phi) is 9.85. The summed E-state index contributed by atoms with van der Waals surface area (Å²) >= 11 is 0. The summed E-state index contributed by atoms with van der Waals surface area (Å²) in [4.78, 5) is 8.28. The van der Waals surface area contributed by atoms with E-state index >= 15 is 0 Å². The van der Waals surface area contributed by atoms with E-state index in [-0.39, 0.29) is 36.1 Å². The Labute approximate surface area is 169 Å². The van der Waals surface area contributed by atoms with Gasteiger partial charge < -0.3 is 15.4 Å². The average Bonchev–Trinajstić information content (AvgIpc) is 2.63. The van der Waals surface area contributed by atoms with Gasteiger partial charge in [-0.15, -0.1) is 24.0 Å². The van der Waals surface area contributed by atoms with E-state index in [9.17, 15) is 8.78 Å². The summed E-state index contributed by atoms with van der Waals surface area (Å²) in [6.07, 6.45) is 2.65. The van der Waals surface area contributed by atoms with E-state index in [0.29, 0.717) is 25.0 Å². The van der Waals surface area contributed by atoms with Crippen molar-refractivity contribution in [2.45, 2.75) is 26.4 Å². The molecular weight excluding hydrogens is 453 g/mol. The Morgan fingerprint density at radius 1 is 1.15 bits per heavy atom. The number of nitrogens with zero attached hydrogens (tertiary/aromatic N) is 2. The number of hydrogen-bond acceptors (Lipinski definition) is 3. The van der Waals surface area contributed by atoms with Crippen LogP contribution < -0.4 is 15.4 Å². The Hall–Kier alpha value is -1.97. The van der Waals surface area contributed by atoms with E-state index in [2.05, 4.69) is 20.6 Å². The van der Waals surface area contributed by atoms with E-state index in [0.717, 1.165) is 30.2 Å². The number of nitrogens with one attached hydrogen (secondary N) is 2. The largest absolute Gasteiger partial charge is 0.478 e. The van der Waals surface area contributed by atoms with Gasteiger partial charge in [-0.25, -0.2) is 13.8 Å². The standard InChI is InChI=1S/C18H22F2N4O.HI/c1-3-8-25-17-7-4-13(10-22-17)11-23-18(21-2)24-12-14-9-15(19)5-6-16(14)20;/h4-7,9-10H,3,8,11-12H2,1-2H3,(H2,21,23,24);1H. The Morgan fingerprint density at radius 3 is 2.58 bits per heavy atom. The number of aromatic nitrogens is 1. The predicted molar refractivity (Wildman–Crippen MR) is 109 cm³/mol. The van der Waals surface area contributed by atoms with Crippen LogP contribution in [-0.2, 0) is 13.1 Å². The van der Waals surface area contributed by atoms with Crippen molar-refractivity contribution in [3.63, 3.8) is 0 Å². The smallest absolute Gasteiger partial charge is 0.213 e. The van der Waals surface area contributed by atoms with Crippen LogP contribution in [0.4, 0.5) is 8.78 Å². The van der Waals surface area contributed by atoms with E-state index in [1.54, 1.807) is 13.2 Å². The SMILES string of the molecule is CCCOc1ccc(CNC(=NC)NCc2cc(F)ccc2F)cn1.I. The zero-order valence-corrected chi connectivity index (χ0v) is 17.1. The minimum absolute atomic E-state index is 0. The van der Waals surface area contributed by atoms with Crippen LogP contribution in [-0.4, -0.2) is 24.6 Å². The lowest BCUT2D eigenvalue weighted by molar-refractivity contribution is 0.305. The van der Waals surface area contributed by atoms with Crippen LogP contribution in [0, 0.1) is 11.6 Å². The van der Waals surface area contributed by atoms with Crippen molar-refractivity contribution in [3.8, 4) is 5.88 Å². The van der Waals surface area contributed by atoms with Crippen LogP contribution in [0.1, 0.15) is 24.5 Å². The monoisotopic (exact) mass is 476 g/mol. The van der Waals surface area contributed by atoms with Crippen molar-refractivity contribution in [2.75, 3.05) is 13.7 Å². The first-order valence-corrected chi connectivity index (χ1v) is 8.08. The van der Waals surface area contributed by atoms with Crippen molar-refractivity contribution >= 4 is 29.9 Å². The average molecular weight is 476 g/mol. The van der Waals surface area contributed by atoms with Gasteiger partial charge in [-0.1, -0.05) is 13.0 Å². The highest BCUT2D eigenvalue weighted by Crippen LogP contribution is 2.09. The third-order valence-electron chi connectivity index (χ3n) is 3.39. The molecule has 142 valence electrons. The van der Waals surface area contributed by atoms with E-state index in [1.165, 1.54) is 0 Å². The normalized spacial score (nSPS) is 10.8. The minimum atomic E-state index is -0.474. The fourth-order valence-corrected chi connectivity index (χ4v) is 2.07. The topological polar surface area (TPSA) is 58.5 Å². The second-order valence-electron chi connectivity index (χ2n) is 5.37. The number of halogens is 3. The molecule has 1 aromatic heterocycles. The summed E-state index contributed by atoms with van der Waals surface area (Å²) in [5.41, 5.74) is 1.19. The Morgan fingerprint density at radius 2 is 1.92 bits per heavy atom. The summed E-state index contributed by atoms with van der Waals surface area (Å²) in [5, 5.41) is 6.04. The van der Waals surface area contributed by atoms with Gasteiger partial charge in [0.2, 0.25) is 5.88 Å². The summed E-state index contributed by atoms with van der Waals surface area (Å²) in [6.45, 7) is 3.29. The first-order chi connectivity index (χ1) is 12.1. The molecule has 0 amide bonds. The number of pyridine rings is 1. The van der Waals surface area contributed by atoms with Crippen LogP contribution in [0.15, 0.2) is 41.5 Å². The summed E-state index contributed by atoms with van der Waals surface area (Å²) < 4.78 is 32.2. The molecule has 0 fully saturated rings. The number of aliphatic imine (C=N–C) groups is 1. The van der Waals surface area contributed by atoms with Crippen LogP contribution in [0.5, 0.6) is 5.88 Å². The highest BCUT2D eigenvalue weighted by Gasteiger charge is 2.05. The van der Waals surface area contributed by atoms with Crippen molar-refractivity contribution in [1.82, 2.24) is 15.6 Å². The van der Waals surface area contributed by atoms with Crippen molar-refractivity contribution in [1.29, 1.82) is 0 Å². The molecule has 0 aliphatic heterocycles. The van der Waals surface area contributed by atoms with E-state index < -0.39 is 11.6 Å². The molecule has 5 nitrogen and oxygen atoms in total. The first kappa shape index (κ1) is 22.1. The third-order valence-corrected chi connectivity index (χ3v) is 3.39. The Balaban J connectivity index is 0.00000338. The van der Waals surface area contributed by atoms with Gasteiger partial charge in [0.05, 0.1) is 6.61 Å². The molecule has 0 aliphatic carbocycles. The molecule has 0 spiro atoms. The fourth-order valence-electron chi connectivity index (χ4n) is 2.07. The van der Waals surface area contributed by atoms with Crippen molar-refractivity contribution < 1.29 is 13.5 Å². The molecule has 0 saturated heterocycles. The molecular formula is C18H23F2IN4O. The number of benzene rings is 1. The molecule has 0 atom stereocenters. The lowest BCUT2D eigenvalue weighted by atomic mass is 10.2. The second-order valence-corrected chi connectivity index (χ2v) is 5.37.